The number of carbonyl (C=O) groups is 1. The summed E-state index contributed by atoms with van der Waals surface area (Å²) in [6.45, 7) is 0.837. The number of rotatable bonds is 9. The van der Waals surface area contributed by atoms with Crippen LogP contribution in [0.5, 0.6) is 0 Å². The molecule has 1 amide bonds. The van der Waals surface area contributed by atoms with E-state index < -0.39 is 10.0 Å². The van der Waals surface area contributed by atoms with E-state index in [1.165, 1.54) is 17.6 Å². The third kappa shape index (κ3) is 6.36. The van der Waals surface area contributed by atoms with Crippen LogP contribution in [0.15, 0.2) is 46.9 Å². The van der Waals surface area contributed by atoms with Crippen LogP contribution in [0.1, 0.15) is 18.6 Å². The first-order chi connectivity index (χ1) is 11.9. The number of hydrogen-bond acceptors (Lipinski definition) is 4. The second kappa shape index (κ2) is 8.82. The number of benzene rings is 1. The molecule has 6 nitrogen and oxygen atoms in total. The minimum atomic E-state index is -3.16. The zero-order valence-corrected chi connectivity index (χ0v) is 15.4. The number of sulfonamides is 1. The maximum Gasteiger partial charge on any atom is 0.220 e. The normalized spacial score (nSPS) is 11.6. The minimum Gasteiger partial charge on any atom is -0.461 e. The number of nitrogens with zero attached hydrogens (tertiary/aromatic N) is 1. The molecule has 0 bridgehead atoms. The van der Waals surface area contributed by atoms with E-state index in [0.29, 0.717) is 32.4 Å². The Morgan fingerprint density at radius 3 is 2.56 bits per heavy atom. The molecule has 25 heavy (non-hydrogen) atoms. The predicted molar refractivity (Wildman–Crippen MR) is 97.6 cm³/mol. The summed E-state index contributed by atoms with van der Waals surface area (Å²) in [5.41, 5.74) is 1.01. The Kier molecular flexibility index (Phi) is 6.78. The van der Waals surface area contributed by atoms with Crippen molar-refractivity contribution in [1.29, 1.82) is 0 Å². The van der Waals surface area contributed by atoms with Gasteiger partial charge in [0.15, 0.2) is 0 Å². The highest BCUT2D eigenvalue weighted by Gasteiger charge is 2.10. The highest BCUT2D eigenvalue weighted by molar-refractivity contribution is 7.88. The fourth-order valence-electron chi connectivity index (χ4n) is 2.29. The fraction of sp³-hybridized carbons (Fsp3) is 0.389. The molecule has 2 aromatic rings. The maximum absolute atomic E-state index is 11.9. The highest BCUT2D eigenvalue weighted by atomic mass is 32.2. The van der Waals surface area contributed by atoms with Gasteiger partial charge in [0.2, 0.25) is 15.9 Å². The first-order valence-corrected chi connectivity index (χ1v) is 10.0. The van der Waals surface area contributed by atoms with Crippen molar-refractivity contribution in [1.82, 2.24) is 9.62 Å². The molecule has 0 radical (unpaired) electrons. The van der Waals surface area contributed by atoms with Crippen LogP contribution in [-0.2, 0) is 21.2 Å². The largest absolute Gasteiger partial charge is 0.461 e. The number of carbonyl (C=O) groups excluding carboxylic acids is 1. The zero-order valence-electron chi connectivity index (χ0n) is 14.6. The van der Waals surface area contributed by atoms with Crippen molar-refractivity contribution in [3.8, 4) is 11.3 Å². The molecule has 0 aliphatic carbocycles. The molecule has 7 heteroatoms. The van der Waals surface area contributed by atoms with Gasteiger partial charge in [0, 0.05) is 38.5 Å². The van der Waals surface area contributed by atoms with Crippen LogP contribution >= 0.6 is 0 Å². The fourth-order valence-corrected chi connectivity index (χ4v) is 2.75. The SMILES string of the molecule is CN(CCCNC(=O)CCc1ccc(-c2ccccc2)o1)S(C)(=O)=O. The van der Waals surface area contributed by atoms with E-state index in [-0.39, 0.29) is 5.91 Å². The van der Waals surface area contributed by atoms with E-state index in [2.05, 4.69) is 5.32 Å². The zero-order chi connectivity index (χ0) is 18.3. The van der Waals surface area contributed by atoms with Crippen LogP contribution in [0.2, 0.25) is 0 Å². The van der Waals surface area contributed by atoms with Gasteiger partial charge in [-0.3, -0.25) is 4.79 Å². The lowest BCUT2D eigenvalue weighted by atomic mass is 10.2. The standard InChI is InChI=1S/C18H24N2O4S/c1-20(25(2,22)23)14-6-13-19-18(21)12-10-16-9-11-17(24-16)15-7-4-3-5-8-15/h3-5,7-9,11H,6,10,12-14H2,1-2H3,(H,19,21). The van der Waals surface area contributed by atoms with Crippen molar-refractivity contribution in [2.75, 3.05) is 26.4 Å². The summed E-state index contributed by atoms with van der Waals surface area (Å²) in [5.74, 6) is 1.49. The Hall–Kier alpha value is -2.12. The van der Waals surface area contributed by atoms with E-state index in [0.717, 1.165) is 17.1 Å². The van der Waals surface area contributed by atoms with E-state index >= 15 is 0 Å². The third-order valence-electron chi connectivity index (χ3n) is 3.86. The Bertz CT molecular complexity index is 784. The Morgan fingerprint density at radius 1 is 1.16 bits per heavy atom. The molecular formula is C18H24N2O4S. The third-order valence-corrected chi connectivity index (χ3v) is 5.17. The molecule has 1 aromatic carbocycles. The Balaban J connectivity index is 1.70. The molecule has 0 aliphatic heterocycles. The molecule has 0 saturated carbocycles. The van der Waals surface area contributed by atoms with E-state index in [4.69, 9.17) is 4.42 Å². The quantitative estimate of drug-likeness (QED) is 0.692. The van der Waals surface area contributed by atoms with Crippen LogP contribution in [0.4, 0.5) is 0 Å². The summed E-state index contributed by atoms with van der Waals surface area (Å²) in [5, 5.41) is 2.80. The molecule has 1 aromatic heterocycles. The molecule has 0 spiro atoms. The van der Waals surface area contributed by atoms with E-state index in [1.807, 2.05) is 42.5 Å². The lowest BCUT2D eigenvalue weighted by Crippen LogP contribution is -2.31. The molecule has 2 rings (SSSR count). The van der Waals surface area contributed by atoms with Gasteiger partial charge in [0.05, 0.1) is 6.26 Å². The van der Waals surface area contributed by atoms with Gasteiger partial charge in [0.25, 0.3) is 0 Å². The smallest absolute Gasteiger partial charge is 0.220 e. The lowest BCUT2D eigenvalue weighted by molar-refractivity contribution is -0.121. The first-order valence-electron chi connectivity index (χ1n) is 8.18. The minimum absolute atomic E-state index is 0.0698. The average molecular weight is 364 g/mol. The lowest BCUT2D eigenvalue weighted by Gasteiger charge is -2.13. The number of hydrogen-bond donors (Lipinski definition) is 1. The Morgan fingerprint density at radius 2 is 1.88 bits per heavy atom. The summed E-state index contributed by atoms with van der Waals surface area (Å²) in [6.07, 6.45) is 2.61. The van der Waals surface area contributed by atoms with Gasteiger partial charge in [-0.25, -0.2) is 12.7 Å². The topological polar surface area (TPSA) is 79.6 Å². The molecule has 1 N–H and O–H groups in total. The summed E-state index contributed by atoms with van der Waals surface area (Å²) in [4.78, 5) is 11.9. The number of furan rings is 1. The summed E-state index contributed by atoms with van der Waals surface area (Å²) in [6, 6.07) is 13.6. The summed E-state index contributed by atoms with van der Waals surface area (Å²) < 4.78 is 29.5. The number of nitrogens with one attached hydrogen (secondary N) is 1. The van der Waals surface area contributed by atoms with Gasteiger partial charge in [-0.05, 0) is 18.6 Å². The van der Waals surface area contributed by atoms with Crippen molar-refractivity contribution >= 4 is 15.9 Å². The average Bonchev–Trinajstić information content (AvgIpc) is 3.05. The van der Waals surface area contributed by atoms with E-state index in [9.17, 15) is 13.2 Å². The maximum atomic E-state index is 11.9. The first kappa shape index (κ1) is 19.2. The summed E-state index contributed by atoms with van der Waals surface area (Å²) in [7, 11) is -1.64. The van der Waals surface area contributed by atoms with Gasteiger partial charge >= 0.3 is 0 Å². The van der Waals surface area contributed by atoms with Crippen molar-refractivity contribution in [3.63, 3.8) is 0 Å². The highest BCUT2D eigenvalue weighted by Crippen LogP contribution is 2.22. The van der Waals surface area contributed by atoms with Crippen molar-refractivity contribution in [3.05, 3.63) is 48.2 Å². The number of amides is 1. The molecule has 0 atom stereocenters. The van der Waals surface area contributed by atoms with Gasteiger partial charge < -0.3 is 9.73 Å². The molecule has 0 saturated heterocycles. The second-order valence-corrected chi connectivity index (χ2v) is 8.01. The van der Waals surface area contributed by atoms with Gasteiger partial charge in [-0.1, -0.05) is 30.3 Å². The second-order valence-electron chi connectivity index (χ2n) is 5.92. The molecule has 0 aliphatic rings. The van der Waals surface area contributed by atoms with Crippen molar-refractivity contribution in [2.45, 2.75) is 19.3 Å². The monoisotopic (exact) mass is 364 g/mol. The van der Waals surface area contributed by atoms with Gasteiger partial charge in [0.1, 0.15) is 11.5 Å². The van der Waals surface area contributed by atoms with Crippen LogP contribution in [0, 0.1) is 0 Å². The van der Waals surface area contributed by atoms with Gasteiger partial charge in [-0.2, -0.15) is 0 Å². The Labute approximate surface area is 148 Å². The van der Waals surface area contributed by atoms with Crippen LogP contribution in [0.25, 0.3) is 11.3 Å². The molecule has 1 heterocycles. The van der Waals surface area contributed by atoms with Crippen LogP contribution < -0.4 is 5.32 Å². The van der Waals surface area contributed by atoms with E-state index in [1.54, 1.807) is 0 Å². The molecule has 136 valence electrons. The van der Waals surface area contributed by atoms with Crippen LogP contribution in [0.3, 0.4) is 0 Å². The molecular weight excluding hydrogens is 340 g/mol. The van der Waals surface area contributed by atoms with Crippen molar-refractivity contribution < 1.29 is 17.6 Å². The summed E-state index contributed by atoms with van der Waals surface area (Å²) >= 11 is 0. The van der Waals surface area contributed by atoms with Crippen LogP contribution in [-0.4, -0.2) is 45.0 Å². The molecule has 0 unspecified atom stereocenters. The predicted octanol–water partition coefficient (Wildman–Crippen LogP) is 2.28. The molecule has 0 fully saturated rings. The van der Waals surface area contributed by atoms with Crippen molar-refractivity contribution in [2.24, 2.45) is 0 Å². The van der Waals surface area contributed by atoms with Gasteiger partial charge in [-0.15, -0.1) is 0 Å². The number of aryl methyl sites for hydroxylation is 1.